The molecule has 0 unspecified atom stereocenters. The highest BCUT2D eigenvalue weighted by Gasteiger charge is 2.07. The van der Waals surface area contributed by atoms with Crippen LogP contribution in [-0.2, 0) is 4.74 Å². The van der Waals surface area contributed by atoms with Crippen LogP contribution in [0.2, 0.25) is 0 Å². The van der Waals surface area contributed by atoms with Crippen LogP contribution in [0.25, 0.3) is 0 Å². The molecule has 0 fully saturated rings. The first-order chi connectivity index (χ1) is 7.69. The zero-order chi connectivity index (χ0) is 12.0. The van der Waals surface area contributed by atoms with Gasteiger partial charge in [0.2, 0.25) is 0 Å². The minimum absolute atomic E-state index is 0.0187. The quantitative estimate of drug-likeness (QED) is 0.595. The Morgan fingerprint density at radius 2 is 2.06 bits per heavy atom. The van der Waals surface area contributed by atoms with Gasteiger partial charge in [-0.15, -0.1) is 0 Å². The van der Waals surface area contributed by atoms with Crippen LogP contribution >= 0.6 is 0 Å². The van der Waals surface area contributed by atoms with E-state index < -0.39 is 0 Å². The zero-order valence-corrected chi connectivity index (χ0v) is 10.0. The fraction of sp³-hybridized carbons (Fsp3) is 0.500. The van der Waals surface area contributed by atoms with Gasteiger partial charge in [-0.25, -0.2) is 0 Å². The van der Waals surface area contributed by atoms with Crippen LogP contribution in [0.3, 0.4) is 0 Å². The van der Waals surface area contributed by atoms with E-state index in [1.54, 1.807) is 7.11 Å². The number of hydrogen-bond acceptors (Lipinski definition) is 4. The van der Waals surface area contributed by atoms with Gasteiger partial charge in [0.1, 0.15) is 0 Å². The molecule has 0 saturated heterocycles. The largest absolute Gasteiger partial charge is 0.493 e. The minimum Gasteiger partial charge on any atom is -0.493 e. The van der Waals surface area contributed by atoms with Crippen molar-refractivity contribution in [3.63, 3.8) is 0 Å². The molecule has 0 aliphatic heterocycles. The molecule has 0 spiro atoms. The molecule has 0 radical (unpaired) electrons. The van der Waals surface area contributed by atoms with Crippen molar-refractivity contribution >= 4 is 0 Å². The Hall–Kier alpha value is -1.26. The van der Waals surface area contributed by atoms with Crippen LogP contribution in [0, 0.1) is 0 Å². The number of methoxy groups -OCH3 is 1. The minimum atomic E-state index is -0.0187. The molecule has 1 atom stereocenters. The molecule has 1 rings (SSSR count). The lowest BCUT2D eigenvalue weighted by atomic mass is 10.1. The van der Waals surface area contributed by atoms with Crippen LogP contribution in [0.5, 0.6) is 11.5 Å². The summed E-state index contributed by atoms with van der Waals surface area (Å²) in [5.74, 6) is 1.34. The van der Waals surface area contributed by atoms with Gasteiger partial charge >= 0.3 is 0 Å². The molecule has 0 saturated carbocycles. The molecule has 90 valence electrons. The summed E-state index contributed by atoms with van der Waals surface area (Å²) in [6, 6.07) is 5.63. The lowest BCUT2D eigenvalue weighted by Crippen LogP contribution is -2.07. The van der Waals surface area contributed by atoms with Crippen LogP contribution in [0.4, 0.5) is 0 Å². The maximum atomic E-state index is 5.79. The number of benzene rings is 1. The third kappa shape index (κ3) is 3.40. The molecular formula is C12H19NO3. The van der Waals surface area contributed by atoms with Gasteiger partial charge in [0.05, 0.1) is 7.11 Å². The maximum Gasteiger partial charge on any atom is 0.189 e. The predicted octanol–water partition coefficient (Wildman–Crippen LogP) is 2.09. The average Bonchev–Trinajstić information content (AvgIpc) is 2.29. The van der Waals surface area contributed by atoms with Gasteiger partial charge in [-0.3, -0.25) is 0 Å². The Kier molecular flexibility index (Phi) is 5.08. The predicted molar refractivity (Wildman–Crippen MR) is 62.7 cm³/mol. The maximum absolute atomic E-state index is 5.79. The molecule has 0 amide bonds. The molecule has 4 nitrogen and oxygen atoms in total. The second-order valence-corrected chi connectivity index (χ2v) is 3.45. The van der Waals surface area contributed by atoms with Crippen molar-refractivity contribution in [1.82, 2.24) is 0 Å². The van der Waals surface area contributed by atoms with Gasteiger partial charge in [0.25, 0.3) is 0 Å². The molecule has 0 aromatic heterocycles. The van der Waals surface area contributed by atoms with Gasteiger partial charge in [-0.05, 0) is 31.5 Å². The Bertz CT molecular complexity index is 326. The first kappa shape index (κ1) is 12.8. The van der Waals surface area contributed by atoms with E-state index >= 15 is 0 Å². The van der Waals surface area contributed by atoms with E-state index in [9.17, 15) is 0 Å². The van der Waals surface area contributed by atoms with Crippen molar-refractivity contribution < 1.29 is 14.2 Å². The van der Waals surface area contributed by atoms with Gasteiger partial charge in [-0.1, -0.05) is 6.07 Å². The molecule has 0 aliphatic rings. The standard InChI is InChI=1S/C12H19NO3/c1-4-15-8-16-11-6-5-10(9(2)13)7-12(11)14-3/h5-7,9H,4,8,13H2,1-3H3/t9-/m1/s1. The van der Waals surface area contributed by atoms with Gasteiger partial charge in [0, 0.05) is 12.6 Å². The van der Waals surface area contributed by atoms with Gasteiger partial charge < -0.3 is 19.9 Å². The first-order valence-corrected chi connectivity index (χ1v) is 5.33. The third-order valence-electron chi connectivity index (χ3n) is 2.22. The van der Waals surface area contributed by atoms with Crippen molar-refractivity contribution in [3.8, 4) is 11.5 Å². The molecule has 0 aliphatic carbocycles. The smallest absolute Gasteiger partial charge is 0.189 e. The van der Waals surface area contributed by atoms with Crippen LogP contribution in [0.1, 0.15) is 25.5 Å². The van der Waals surface area contributed by atoms with Gasteiger partial charge in [0.15, 0.2) is 18.3 Å². The lowest BCUT2D eigenvalue weighted by Gasteiger charge is -2.13. The summed E-state index contributed by atoms with van der Waals surface area (Å²) < 4.78 is 15.8. The molecule has 0 heterocycles. The number of hydrogen-bond donors (Lipinski definition) is 1. The van der Waals surface area contributed by atoms with E-state index in [4.69, 9.17) is 19.9 Å². The van der Waals surface area contributed by atoms with Gasteiger partial charge in [-0.2, -0.15) is 0 Å². The summed E-state index contributed by atoms with van der Waals surface area (Å²) in [6.07, 6.45) is 0. The topological polar surface area (TPSA) is 53.7 Å². The van der Waals surface area contributed by atoms with E-state index in [-0.39, 0.29) is 12.8 Å². The van der Waals surface area contributed by atoms with Crippen LogP contribution < -0.4 is 15.2 Å². The summed E-state index contributed by atoms with van der Waals surface area (Å²) in [5, 5.41) is 0. The highest BCUT2D eigenvalue weighted by molar-refractivity contribution is 5.43. The SMILES string of the molecule is CCOCOc1ccc([C@@H](C)N)cc1OC. The number of ether oxygens (including phenoxy) is 3. The molecule has 16 heavy (non-hydrogen) atoms. The van der Waals surface area contributed by atoms with Crippen molar-refractivity contribution in [2.24, 2.45) is 5.73 Å². The van der Waals surface area contributed by atoms with E-state index in [1.165, 1.54) is 0 Å². The normalized spacial score (nSPS) is 12.2. The zero-order valence-electron chi connectivity index (χ0n) is 10.0. The molecule has 4 heteroatoms. The second kappa shape index (κ2) is 6.35. The fourth-order valence-corrected chi connectivity index (χ4v) is 1.28. The number of nitrogens with two attached hydrogens (primary N) is 1. The van der Waals surface area contributed by atoms with Crippen molar-refractivity contribution in [3.05, 3.63) is 23.8 Å². The molecular weight excluding hydrogens is 206 g/mol. The van der Waals surface area contributed by atoms with Crippen molar-refractivity contribution in [2.75, 3.05) is 20.5 Å². The van der Waals surface area contributed by atoms with E-state index in [0.29, 0.717) is 18.1 Å². The Morgan fingerprint density at radius 1 is 1.31 bits per heavy atom. The monoisotopic (exact) mass is 225 g/mol. The molecule has 1 aromatic carbocycles. The molecule has 0 bridgehead atoms. The van der Waals surface area contributed by atoms with Crippen molar-refractivity contribution in [1.29, 1.82) is 0 Å². The Balaban J connectivity index is 2.76. The summed E-state index contributed by atoms with van der Waals surface area (Å²) in [4.78, 5) is 0. The third-order valence-corrected chi connectivity index (χ3v) is 2.22. The molecule has 1 aromatic rings. The average molecular weight is 225 g/mol. The van der Waals surface area contributed by atoms with Crippen LogP contribution in [0.15, 0.2) is 18.2 Å². The summed E-state index contributed by atoms with van der Waals surface area (Å²) in [6.45, 7) is 4.69. The van der Waals surface area contributed by atoms with Crippen molar-refractivity contribution in [2.45, 2.75) is 19.9 Å². The Morgan fingerprint density at radius 3 is 2.62 bits per heavy atom. The van der Waals surface area contributed by atoms with E-state index in [2.05, 4.69) is 0 Å². The first-order valence-electron chi connectivity index (χ1n) is 5.33. The lowest BCUT2D eigenvalue weighted by molar-refractivity contribution is 0.0209. The fourth-order valence-electron chi connectivity index (χ4n) is 1.28. The Labute approximate surface area is 96.3 Å². The summed E-state index contributed by atoms with van der Waals surface area (Å²) in [5.41, 5.74) is 6.80. The highest BCUT2D eigenvalue weighted by Crippen LogP contribution is 2.29. The van der Waals surface area contributed by atoms with E-state index in [1.807, 2.05) is 32.0 Å². The molecule has 2 N–H and O–H groups in total. The highest BCUT2D eigenvalue weighted by atomic mass is 16.7. The van der Waals surface area contributed by atoms with Crippen LogP contribution in [-0.4, -0.2) is 20.5 Å². The number of rotatable bonds is 6. The van der Waals surface area contributed by atoms with E-state index in [0.717, 1.165) is 5.56 Å². The summed E-state index contributed by atoms with van der Waals surface area (Å²) in [7, 11) is 1.60. The summed E-state index contributed by atoms with van der Waals surface area (Å²) >= 11 is 0. The second-order valence-electron chi connectivity index (χ2n) is 3.45.